The van der Waals surface area contributed by atoms with Crippen LogP contribution in [0.1, 0.15) is 23.4 Å². The molecule has 1 aromatic carbocycles. The molecular formula is C13H16N2S. The summed E-state index contributed by atoms with van der Waals surface area (Å²) in [6, 6.07) is 8.84. The van der Waals surface area contributed by atoms with Crippen LogP contribution in [0.2, 0.25) is 0 Å². The van der Waals surface area contributed by atoms with Gasteiger partial charge in [0, 0.05) is 22.7 Å². The summed E-state index contributed by atoms with van der Waals surface area (Å²) in [7, 11) is 1.97. The highest BCUT2D eigenvalue weighted by molar-refractivity contribution is 7.15. The van der Waals surface area contributed by atoms with Crippen molar-refractivity contribution >= 4 is 11.3 Å². The SMILES string of the molecule is CNC(C)c1cnc(-c2cccc(C)c2)s1. The maximum absolute atomic E-state index is 4.48. The van der Waals surface area contributed by atoms with Gasteiger partial charge in [0.05, 0.1) is 0 Å². The number of aromatic nitrogens is 1. The van der Waals surface area contributed by atoms with Crippen molar-refractivity contribution in [3.05, 3.63) is 40.9 Å². The van der Waals surface area contributed by atoms with E-state index in [2.05, 4.69) is 48.4 Å². The molecular weight excluding hydrogens is 216 g/mol. The zero-order chi connectivity index (χ0) is 11.5. The summed E-state index contributed by atoms with van der Waals surface area (Å²) in [4.78, 5) is 5.75. The third-order valence-corrected chi connectivity index (χ3v) is 3.88. The molecule has 3 heteroatoms. The monoisotopic (exact) mass is 232 g/mol. The van der Waals surface area contributed by atoms with Gasteiger partial charge in [-0.1, -0.05) is 23.8 Å². The molecule has 16 heavy (non-hydrogen) atoms. The largest absolute Gasteiger partial charge is 0.312 e. The Balaban J connectivity index is 2.31. The van der Waals surface area contributed by atoms with Gasteiger partial charge in [-0.05, 0) is 27.0 Å². The summed E-state index contributed by atoms with van der Waals surface area (Å²) in [5.41, 5.74) is 2.48. The van der Waals surface area contributed by atoms with E-state index in [9.17, 15) is 0 Å². The van der Waals surface area contributed by atoms with Crippen LogP contribution in [0.5, 0.6) is 0 Å². The van der Waals surface area contributed by atoms with E-state index < -0.39 is 0 Å². The fourth-order valence-corrected chi connectivity index (χ4v) is 2.51. The number of rotatable bonds is 3. The number of nitrogens with zero attached hydrogens (tertiary/aromatic N) is 1. The van der Waals surface area contributed by atoms with Crippen molar-refractivity contribution in [2.24, 2.45) is 0 Å². The van der Waals surface area contributed by atoms with Gasteiger partial charge >= 0.3 is 0 Å². The molecule has 0 spiro atoms. The zero-order valence-corrected chi connectivity index (χ0v) is 10.6. The van der Waals surface area contributed by atoms with E-state index in [4.69, 9.17) is 0 Å². The predicted molar refractivity (Wildman–Crippen MR) is 69.8 cm³/mol. The Morgan fingerprint density at radius 1 is 1.38 bits per heavy atom. The van der Waals surface area contributed by atoms with Gasteiger partial charge in [-0.2, -0.15) is 0 Å². The molecule has 0 aliphatic rings. The average molecular weight is 232 g/mol. The number of nitrogens with one attached hydrogen (secondary N) is 1. The second-order valence-corrected chi connectivity index (χ2v) is 5.01. The molecule has 2 aromatic rings. The molecule has 0 aliphatic carbocycles. The Kier molecular flexibility index (Phi) is 3.36. The van der Waals surface area contributed by atoms with E-state index in [0.717, 1.165) is 5.01 Å². The second-order valence-electron chi connectivity index (χ2n) is 3.95. The smallest absolute Gasteiger partial charge is 0.123 e. The lowest BCUT2D eigenvalue weighted by Gasteiger charge is -2.04. The molecule has 1 aromatic heterocycles. The number of benzene rings is 1. The molecule has 2 rings (SSSR count). The quantitative estimate of drug-likeness (QED) is 0.877. The molecule has 2 nitrogen and oxygen atoms in total. The standard InChI is InChI=1S/C13H16N2S/c1-9-5-4-6-11(7-9)13-15-8-12(16-13)10(2)14-3/h4-8,10,14H,1-3H3. The molecule has 1 heterocycles. The summed E-state index contributed by atoms with van der Waals surface area (Å²) in [5.74, 6) is 0. The zero-order valence-electron chi connectivity index (χ0n) is 9.82. The lowest BCUT2D eigenvalue weighted by molar-refractivity contribution is 0.662. The Hall–Kier alpha value is -1.19. The summed E-state index contributed by atoms with van der Waals surface area (Å²) in [6.07, 6.45) is 1.96. The number of thiazole rings is 1. The topological polar surface area (TPSA) is 24.9 Å². The van der Waals surface area contributed by atoms with E-state index in [1.54, 1.807) is 11.3 Å². The minimum atomic E-state index is 0.371. The van der Waals surface area contributed by atoms with Crippen LogP contribution in [0.15, 0.2) is 30.5 Å². The molecule has 0 amide bonds. The highest BCUT2D eigenvalue weighted by Crippen LogP contribution is 2.28. The van der Waals surface area contributed by atoms with Gasteiger partial charge < -0.3 is 5.32 Å². The molecule has 0 fully saturated rings. The summed E-state index contributed by atoms with van der Waals surface area (Å²) in [6.45, 7) is 4.25. The fraction of sp³-hybridized carbons (Fsp3) is 0.308. The van der Waals surface area contributed by atoms with Crippen LogP contribution in [0.4, 0.5) is 0 Å². The fourth-order valence-electron chi connectivity index (χ4n) is 1.54. The lowest BCUT2D eigenvalue weighted by Crippen LogP contribution is -2.10. The van der Waals surface area contributed by atoms with Crippen LogP contribution in [0.3, 0.4) is 0 Å². The summed E-state index contributed by atoms with van der Waals surface area (Å²) in [5, 5.41) is 4.33. The van der Waals surface area contributed by atoms with Crippen molar-refractivity contribution in [3.63, 3.8) is 0 Å². The van der Waals surface area contributed by atoms with Gasteiger partial charge in [-0.25, -0.2) is 4.98 Å². The first-order valence-electron chi connectivity index (χ1n) is 5.40. The summed E-state index contributed by atoms with van der Waals surface area (Å²) < 4.78 is 0. The Labute approximate surface area is 100 Å². The van der Waals surface area contributed by atoms with Crippen molar-refractivity contribution in [2.75, 3.05) is 7.05 Å². The van der Waals surface area contributed by atoms with E-state index in [0.29, 0.717) is 6.04 Å². The van der Waals surface area contributed by atoms with E-state index in [1.165, 1.54) is 16.0 Å². The maximum atomic E-state index is 4.48. The molecule has 0 bridgehead atoms. The minimum Gasteiger partial charge on any atom is -0.312 e. The summed E-state index contributed by atoms with van der Waals surface area (Å²) >= 11 is 1.75. The third kappa shape index (κ3) is 2.31. The molecule has 84 valence electrons. The van der Waals surface area contributed by atoms with Gasteiger partial charge in [0.25, 0.3) is 0 Å². The molecule has 0 saturated heterocycles. The first-order chi connectivity index (χ1) is 7.70. The van der Waals surface area contributed by atoms with E-state index >= 15 is 0 Å². The Morgan fingerprint density at radius 2 is 2.19 bits per heavy atom. The highest BCUT2D eigenvalue weighted by atomic mass is 32.1. The van der Waals surface area contributed by atoms with E-state index in [1.807, 2.05) is 13.2 Å². The number of hydrogen-bond acceptors (Lipinski definition) is 3. The van der Waals surface area contributed by atoms with E-state index in [-0.39, 0.29) is 0 Å². The normalized spacial score (nSPS) is 12.7. The van der Waals surface area contributed by atoms with Crippen LogP contribution in [-0.2, 0) is 0 Å². The van der Waals surface area contributed by atoms with Crippen molar-refractivity contribution < 1.29 is 0 Å². The Morgan fingerprint density at radius 3 is 2.88 bits per heavy atom. The number of hydrogen-bond donors (Lipinski definition) is 1. The first-order valence-corrected chi connectivity index (χ1v) is 6.22. The van der Waals surface area contributed by atoms with Crippen LogP contribution in [0.25, 0.3) is 10.6 Å². The molecule has 1 atom stereocenters. The van der Waals surface area contributed by atoms with Crippen molar-refractivity contribution in [1.82, 2.24) is 10.3 Å². The average Bonchev–Trinajstić information content (AvgIpc) is 2.77. The van der Waals surface area contributed by atoms with Gasteiger partial charge in [0.1, 0.15) is 5.01 Å². The van der Waals surface area contributed by atoms with Crippen molar-refractivity contribution in [1.29, 1.82) is 0 Å². The second kappa shape index (κ2) is 4.76. The lowest BCUT2D eigenvalue weighted by atomic mass is 10.1. The molecule has 0 radical (unpaired) electrons. The van der Waals surface area contributed by atoms with Gasteiger partial charge in [-0.15, -0.1) is 11.3 Å². The molecule has 0 saturated carbocycles. The predicted octanol–water partition coefficient (Wildman–Crippen LogP) is 3.40. The van der Waals surface area contributed by atoms with Crippen LogP contribution >= 0.6 is 11.3 Å². The van der Waals surface area contributed by atoms with Crippen LogP contribution in [-0.4, -0.2) is 12.0 Å². The van der Waals surface area contributed by atoms with Gasteiger partial charge in [0.15, 0.2) is 0 Å². The molecule has 1 unspecified atom stereocenters. The van der Waals surface area contributed by atoms with Gasteiger partial charge in [-0.3, -0.25) is 0 Å². The van der Waals surface area contributed by atoms with Crippen molar-refractivity contribution in [2.45, 2.75) is 19.9 Å². The highest BCUT2D eigenvalue weighted by Gasteiger charge is 2.08. The van der Waals surface area contributed by atoms with Crippen LogP contribution < -0.4 is 5.32 Å². The minimum absolute atomic E-state index is 0.371. The van der Waals surface area contributed by atoms with Crippen molar-refractivity contribution in [3.8, 4) is 10.6 Å². The number of aryl methyl sites for hydroxylation is 1. The molecule has 0 aliphatic heterocycles. The third-order valence-electron chi connectivity index (χ3n) is 2.65. The Bertz CT molecular complexity index is 476. The first kappa shape index (κ1) is 11.3. The van der Waals surface area contributed by atoms with Crippen LogP contribution in [0, 0.1) is 6.92 Å². The van der Waals surface area contributed by atoms with Gasteiger partial charge in [0.2, 0.25) is 0 Å². The molecule has 1 N–H and O–H groups in total. The maximum Gasteiger partial charge on any atom is 0.123 e.